The topological polar surface area (TPSA) is 103 Å². The molecule has 1 atom stereocenters. The molecule has 1 aliphatic heterocycles. The van der Waals surface area contributed by atoms with Crippen LogP contribution >= 0.6 is 0 Å². The summed E-state index contributed by atoms with van der Waals surface area (Å²) in [6.45, 7) is 4.82. The summed E-state index contributed by atoms with van der Waals surface area (Å²) in [7, 11) is 0. The Balaban J connectivity index is 1.69. The van der Waals surface area contributed by atoms with Gasteiger partial charge in [0, 0.05) is 35.3 Å². The van der Waals surface area contributed by atoms with E-state index in [1.165, 1.54) is 0 Å². The molecule has 142 valence electrons. The summed E-state index contributed by atoms with van der Waals surface area (Å²) >= 11 is 0. The van der Waals surface area contributed by atoms with Crippen LogP contribution in [0.25, 0.3) is 0 Å². The van der Waals surface area contributed by atoms with Crippen LogP contribution in [0.15, 0.2) is 36.4 Å². The van der Waals surface area contributed by atoms with E-state index in [1.807, 2.05) is 26.0 Å². The summed E-state index contributed by atoms with van der Waals surface area (Å²) in [5.41, 5.74) is 8.07. The molecule has 2 aromatic rings. The molecule has 0 radical (unpaired) electrons. The van der Waals surface area contributed by atoms with Crippen molar-refractivity contribution in [3.8, 4) is 11.5 Å². The number of primary amides is 1. The summed E-state index contributed by atoms with van der Waals surface area (Å²) in [5.74, 6) is 1.38. The maximum Gasteiger partial charge on any atom is 0.316 e. The number of benzene rings is 2. The Morgan fingerprint density at radius 2 is 2.00 bits per heavy atom. The van der Waals surface area contributed by atoms with Gasteiger partial charge in [-0.3, -0.25) is 4.79 Å². The van der Waals surface area contributed by atoms with Crippen molar-refractivity contribution in [2.24, 2.45) is 5.73 Å². The van der Waals surface area contributed by atoms with Gasteiger partial charge < -0.3 is 25.8 Å². The van der Waals surface area contributed by atoms with Crippen molar-refractivity contribution in [2.75, 3.05) is 11.9 Å². The average molecular weight is 369 g/mol. The number of nitrogens with two attached hydrogens (primary N) is 1. The molecule has 0 aromatic heterocycles. The van der Waals surface area contributed by atoms with Gasteiger partial charge >= 0.3 is 6.03 Å². The highest BCUT2D eigenvalue weighted by Gasteiger charge is 2.22. The van der Waals surface area contributed by atoms with E-state index >= 15 is 0 Å². The Morgan fingerprint density at radius 3 is 2.67 bits per heavy atom. The molecule has 2 aromatic carbocycles. The van der Waals surface area contributed by atoms with E-state index < -0.39 is 6.03 Å². The van der Waals surface area contributed by atoms with Gasteiger partial charge in [0.15, 0.2) is 0 Å². The first-order valence-electron chi connectivity index (χ1n) is 8.86. The molecule has 0 unspecified atom stereocenters. The molecule has 0 fully saturated rings. The van der Waals surface area contributed by atoms with Crippen LogP contribution in [0.1, 0.15) is 35.3 Å². The number of amides is 3. The number of urea groups is 1. The number of carbonyl (C=O) groups excluding carboxylic acids is 2. The fourth-order valence-electron chi connectivity index (χ4n) is 3.03. The number of hydrogen-bond acceptors (Lipinski definition) is 4. The van der Waals surface area contributed by atoms with Gasteiger partial charge in [0.2, 0.25) is 0 Å². The number of rotatable bonds is 6. The number of anilines is 1. The van der Waals surface area contributed by atoms with E-state index in [0.717, 1.165) is 29.0 Å². The third-order valence-electron chi connectivity index (χ3n) is 4.23. The SMILES string of the molecule is CCOc1cc2c(cc1CNC(=O)c1ccc(NC(N)=O)cc1)O[C@H](C)C2. The second kappa shape index (κ2) is 7.99. The summed E-state index contributed by atoms with van der Waals surface area (Å²) in [6.07, 6.45) is 1.00. The molecule has 0 spiro atoms. The van der Waals surface area contributed by atoms with Crippen molar-refractivity contribution < 1.29 is 19.1 Å². The molecule has 1 aliphatic rings. The van der Waals surface area contributed by atoms with Crippen molar-refractivity contribution in [1.82, 2.24) is 5.32 Å². The smallest absolute Gasteiger partial charge is 0.316 e. The monoisotopic (exact) mass is 369 g/mol. The lowest BCUT2D eigenvalue weighted by molar-refractivity contribution is 0.0950. The van der Waals surface area contributed by atoms with Crippen LogP contribution in [0.2, 0.25) is 0 Å². The van der Waals surface area contributed by atoms with Gasteiger partial charge in [0.25, 0.3) is 5.91 Å². The van der Waals surface area contributed by atoms with Crippen LogP contribution in [-0.2, 0) is 13.0 Å². The zero-order valence-corrected chi connectivity index (χ0v) is 15.4. The standard InChI is InChI=1S/C20H23N3O4/c1-3-26-17-9-14-8-12(2)27-18(14)10-15(17)11-22-19(24)13-4-6-16(7-5-13)23-20(21)25/h4-7,9-10,12H,3,8,11H2,1-2H3,(H,22,24)(H3,21,23,25)/t12-/m1/s1. The molecule has 0 bridgehead atoms. The van der Waals surface area contributed by atoms with Gasteiger partial charge in [0.05, 0.1) is 6.61 Å². The molecule has 1 heterocycles. The van der Waals surface area contributed by atoms with Gasteiger partial charge in [-0.25, -0.2) is 4.79 Å². The highest BCUT2D eigenvalue weighted by molar-refractivity contribution is 5.95. The molecule has 7 heteroatoms. The summed E-state index contributed by atoms with van der Waals surface area (Å²) < 4.78 is 11.5. The molecule has 27 heavy (non-hydrogen) atoms. The zero-order valence-electron chi connectivity index (χ0n) is 15.4. The van der Waals surface area contributed by atoms with E-state index in [9.17, 15) is 9.59 Å². The predicted octanol–water partition coefficient (Wildman–Crippen LogP) is 2.83. The molecular weight excluding hydrogens is 346 g/mol. The summed E-state index contributed by atoms with van der Waals surface area (Å²) in [5, 5.41) is 5.34. The van der Waals surface area contributed by atoms with Crippen molar-refractivity contribution in [3.05, 3.63) is 53.1 Å². The van der Waals surface area contributed by atoms with E-state index in [4.69, 9.17) is 15.2 Å². The van der Waals surface area contributed by atoms with E-state index in [1.54, 1.807) is 24.3 Å². The van der Waals surface area contributed by atoms with Gasteiger partial charge in [-0.2, -0.15) is 0 Å². The molecule has 0 saturated heterocycles. The molecule has 3 amide bonds. The van der Waals surface area contributed by atoms with Crippen molar-refractivity contribution in [2.45, 2.75) is 32.9 Å². The number of fused-ring (bicyclic) bond motifs is 1. The van der Waals surface area contributed by atoms with Gasteiger partial charge in [-0.15, -0.1) is 0 Å². The molecule has 7 nitrogen and oxygen atoms in total. The minimum absolute atomic E-state index is 0.145. The quantitative estimate of drug-likeness (QED) is 0.728. The van der Waals surface area contributed by atoms with E-state index in [2.05, 4.69) is 10.6 Å². The first-order chi connectivity index (χ1) is 13.0. The van der Waals surface area contributed by atoms with Crippen LogP contribution < -0.4 is 25.8 Å². The Kier molecular flexibility index (Phi) is 5.49. The highest BCUT2D eigenvalue weighted by Crippen LogP contribution is 2.35. The van der Waals surface area contributed by atoms with Crippen LogP contribution in [0.5, 0.6) is 11.5 Å². The largest absolute Gasteiger partial charge is 0.494 e. The van der Waals surface area contributed by atoms with Gasteiger partial charge in [0.1, 0.15) is 17.6 Å². The lowest BCUT2D eigenvalue weighted by Crippen LogP contribution is -2.23. The Hall–Kier alpha value is -3.22. The van der Waals surface area contributed by atoms with Crippen LogP contribution in [0.3, 0.4) is 0 Å². The lowest BCUT2D eigenvalue weighted by Gasteiger charge is -2.13. The minimum Gasteiger partial charge on any atom is -0.494 e. The molecule has 0 aliphatic carbocycles. The Morgan fingerprint density at radius 1 is 1.26 bits per heavy atom. The third kappa shape index (κ3) is 4.49. The fraction of sp³-hybridized carbons (Fsp3) is 0.300. The number of carbonyl (C=O) groups is 2. The maximum atomic E-state index is 12.4. The van der Waals surface area contributed by atoms with Crippen LogP contribution in [0.4, 0.5) is 10.5 Å². The van der Waals surface area contributed by atoms with Gasteiger partial charge in [-0.05, 0) is 50.2 Å². The van der Waals surface area contributed by atoms with Gasteiger partial charge in [-0.1, -0.05) is 0 Å². The minimum atomic E-state index is -0.649. The normalized spacial score (nSPS) is 14.8. The average Bonchev–Trinajstić information content (AvgIpc) is 2.98. The van der Waals surface area contributed by atoms with Crippen LogP contribution in [-0.4, -0.2) is 24.6 Å². The molecule has 0 saturated carbocycles. The highest BCUT2D eigenvalue weighted by atomic mass is 16.5. The van der Waals surface area contributed by atoms with Crippen LogP contribution in [0, 0.1) is 0 Å². The first kappa shape index (κ1) is 18.6. The van der Waals surface area contributed by atoms with E-state index in [-0.39, 0.29) is 12.0 Å². The predicted molar refractivity (Wildman–Crippen MR) is 102 cm³/mol. The van der Waals surface area contributed by atoms with Crippen molar-refractivity contribution in [3.63, 3.8) is 0 Å². The molecule has 3 rings (SSSR count). The third-order valence-corrected chi connectivity index (χ3v) is 4.23. The van der Waals surface area contributed by atoms with E-state index in [0.29, 0.717) is 24.4 Å². The lowest BCUT2D eigenvalue weighted by atomic mass is 10.1. The number of hydrogen-bond donors (Lipinski definition) is 3. The number of ether oxygens (including phenoxy) is 2. The summed E-state index contributed by atoms with van der Waals surface area (Å²) in [4.78, 5) is 23.3. The van der Waals surface area contributed by atoms with Crippen molar-refractivity contribution >= 4 is 17.6 Å². The fourth-order valence-corrected chi connectivity index (χ4v) is 3.03. The van der Waals surface area contributed by atoms with Crippen molar-refractivity contribution in [1.29, 1.82) is 0 Å². The Bertz CT molecular complexity index is 849. The number of nitrogens with one attached hydrogen (secondary N) is 2. The second-order valence-electron chi connectivity index (χ2n) is 6.38. The zero-order chi connectivity index (χ0) is 19.4. The first-order valence-corrected chi connectivity index (χ1v) is 8.86. The second-order valence-corrected chi connectivity index (χ2v) is 6.38. The molecule has 4 N–H and O–H groups in total. The Labute approximate surface area is 157 Å². The summed E-state index contributed by atoms with van der Waals surface area (Å²) in [6, 6.07) is 9.77. The maximum absolute atomic E-state index is 12.4. The molecular formula is C20H23N3O4.